The molecule has 0 bridgehead atoms. The first kappa shape index (κ1) is 16.0. The van der Waals surface area contributed by atoms with E-state index in [1.54, 1.807) is 17.1 Å². The average molecular weight is 295 g/mol. The SMILES string of the molecule is CCn1cc(C(=O)NCCc2ccc(N)cc2)cn1.Cl. The third-order valence-corrected chi connectivity index (χ3v) is 2.90. The number of nitrogens with one attached hydrogen (secondary N) is 1. The minimum Gasteiger partial charge on any atom is -0.399 e. The molecule has 0 saturated carbocycles. The summed E-state index contributed by atoms with van der Waals surface area (Å²) in [6, 6.07) is 7.66. The summed E-state index contributed by atoms with van der Waals surface area (Å²) >= 11 is 0. The maximum Gasteiger partial charge on any atom is 0.254 e. The standard InChI is InChI=1S/C14H18N4O.ClH/c1-2-18-10-12(9-17-18)14(19)16-8-7-11-3-5-13(15)6-4-11;/h3-6,9-10H,2,7-8,15H2,1H3,(H,16,19);1H. The number of nitrogen functional groups attached to an aromatic ring is 1. The van der Waals surface area contributed by atoms with Crippen LogP contribution in [0.5, 0.6) is 0 Å². The molecular formula is C14H19ClN4O. The van der Waals surface area contributed by atoms with Crippen LogP contribution in [-0.4, -0.2) is 22.2 Å². The Hall–Kier alpha value is -2.01. The van der Waals surface area contributed by atoms with E-state index < -0.39 is 0 Å². The van der Waals surface area contributed by atoms with Gasteiger partial charge in [-0.05, 0) is 31.0 Å². The second-order valence-electron chi connectivity index (χ2n) is 4.33. The van der Waals surface area contributed by atoms with E-state index in [1.165, 1.54) is 0 Å². The molecule has 5 nitrogen and oxygen atoms in total. The number of rotatable bonds is 5. The van der Waals surface area contributed by atoms with Crippen LogP contribution in [0.3, 0.4) is 0 Å². The second kappa shape index (κ2) is 7.55. The van der Waals surface area contributed by atoms with Gasteiger partial charge in [-0.3, -0.25) is 9.48 Å². The van der Waals surface area contributed by atoms with Crippen LogP contribution in [0.15, 0.2) is 36.7 Å². The Balaban J connectivity index is 0.00000200. The fraction of sp³-hybridized carbons (Fsp3) is 0.286. The molecule has 0 saturated heterocycles. The zero-order valence-corrected chi connectivity index (χ0v) is 12.2. The minimum absolute atomic E-state index is 0. The number of hydrogen-bond acceptors (Lipinski definition) is 3. The van der Waals surface area contributed by atoms with Gasteiger partial charge in [-0.1, -0.05) is 12.1 Å². The summed E-state index contributed by atoms with van der Waals surface area (Å²) in [6.07, 6.45) is 4.12. The third-order valence-electron chi connectivity index (χ3n) is 2.90. The van der Waals surface area contributed by atoms with Crippen molar-refractivity contribution in [2.45, 2.75) is 19.9 Å². The molecule has 6 heteroatoms. The molecule has 0 radical (unpaired) electrons. The summed E-state index contributed by atoms with van der Waals surface area (Å²) in [7, 11) is 0. The smallest absolute Gasteiger partial charge is 0.254 e. The zero-order valence-electron chi connectivity index (χ0n) is 11.4. The molecule has 1 aromatic carbocycles. The van der Waals surface area contributed by atoms with Crippen molar-refractivity contribution >= 4 is 24.0 Å². The highest BCUT2D eigenvalue weighted by molar-refractivity contribution is 5.93. The Morgan fingerprint density at radius 3 is 2.65 bits per heavy atom. The van der Waals surface area contributed by atoms with Gasteiger partial charge in [-0.25, -0.2) is 0 Å². The summed E-state index contributed by atoms with van der Waals surface area (Å²) in [4.78, 5) is 11.8. The average Bonchev–Trinajstić information content (AvgIpc) is 2.90. The van der Waals surface area contributed by atoms with E-state index in [0.717, 1.165) is 24.2 Å². The van der Waals surface area contributed by atoms with Crippen LogP contribution >= 0.6 is 12.4 Å². The Morgan fingerprint density at radius 2 is 2.05 bits per heavy atom. The maximum atomic E-state index is 11.8. The number of nitrogens with two attached hydrogens (primary N) is 1. The summed E-state index contributed by atoms with van der Waals surface area (Å²) in [6.45, 7) is 3.34. The molecule has 2 rings (SSSR count). The number of aryl methyl sites for hydroxylation is 1. The van der Waals surface area contributed by atoms with Crippen molar-refractivity contribution in [1.29, 1.82) is 0 Å². The molecule has 0 unspecified atom stereocenters. The molecule has 1 heterocycles. The van der Waals surface area contributed by atoms with Crippen LogP contribution in [-0.2, 0) is 13.0 Å². The highest BCUT2D eigenvalue weighted by atomic mass is 35.5. The quantitative estimate of drug-likeness (QED) is 0.827. The number of amides is 1. The van der Waals surface area contributed by atoms with Gasteiger partial charge in [0.1, 0.15) is 0 Å². The number of carbonyl (C=O) groups is 1. The third kappa shape index (κ3) is 4.28. The van der Waals surface area contributed by atoms with Crippen molar-refractivity contribution in [3.8, 4) is 0 Å². The number of nitrogens with zero attached hydrogens (tertiary/aromatic N) is 2. The summed E-state index contributed by atoms with van der Waals surface area (Å²) in [5.41, 5.74) is 8.11. The number of hydrogen-bond donors (Lipinski definition) is 2. The first-order valence-electron chi connectivity index (χ1n) is 6.34. The lowest BCUT2D eigenvalue weighted by Gasteiger charge is -2.04. The van der Waals surface area contributed by atoms with Crippen LogP contribution in [0.25, 0.3) is 0 Å². The molecule has 20 heavy (non-hydrogen) atoms. The summed E-state index contributed by atoms with van der Waals surface area (Å²) in [5, 5.41) is 6.95. The number of halogens is 1. The predicted molar refractivity (Wildman–Crippen MR) is 82.0 cm³/mol. The normalized spacial score (nSPS) is 9.85. The molecule has 1 amide bonds. The van der Waals surface area contributed by atoms with Crippen molar-refractivity contribution in [2.24, 2.45) is 0 Å². The molecule has 0 atom stereocenters. The first-order chi connectivity index (χ1) is 9.19. The maximum absolute atomic E-state index is 11.8. The van der Waals surface area contributed by atoms with Gasteiger partial charge in [0, 0.05) is 25.0 Å². The molecule has 108 valence electrons. The molecule has 0 aliphatic rings. The minimum atomic E-state index is -0.0878. The van der Waals surface area contributed by atoms with Crippen molar-refractivity contribution in [1.82, 2.24) is 15.1 Å². The summed E-state index contributed by atoms with van der Waals surface area (Å²) < 4.78 is 1.73. The summed E-state index contributed by atoms with van der Waals surface area (Å²) in [5.74, 6) is -0.0878. The van der Waals surface area contributed by atoms with Crippen molar-refractivity contribution in [3.05, 3.63) is 47.8 Å². The lowest BCUT2D eigenvalue weighted by molar-refractivity contribution is 0.0954. The monoisotopic (exact) mass is 294 g/mol. The zero-order chi connectivity index (χ0) is 13.7. The Morgan fingerprint density at radius 1 is 1.35 bits per heavy atom. The van der Waals surface area contributed by atoms with E-state index >= 15 is 0 Å². The number of carbonyl (C=O) groups excluding carboxylic acids is 1. The van der Waals surface area contributed by atoms with Gasteiger partial charge in [0.25, 0.3) is 5.91 Å². The molecule has 0 aliphatic carbocycles. The van der Waals surface area contributed by atoms with Gasteiger partial charge >= 0.3 is 0 Å². The van der Waals surface area contributed by atoms with E-state index in [-0.39, 0.29) is 18.3 Å². The topological polar surface area (TPSA) is 72.9 Å². The Bertz CT molecular complexity index is 551. The first-order valence-corrected chi connectivity index (χ1v) is 6.34. The van der Waals surface area contributed by atoms with Crippen LogP contribution in [0.1, 0.15) is 22.8 Å². The van der Waals surface area contributed by atoms with Crippen molar-refractivity contribution < 1.29 is 4.79 Å². The Labute approximate surface area is 124 Å². The lowest BCUT2D eigenvalue weighted by atomic mass is 10.1. The highest BCUT2D eigenvalue weighted by Crippen LogP contribution is 2.05. The molecular weight excluding hydrogens is 276 g/mol. The highest BCUT2D eigenvalue weighted by Gasteiger charge is 2.07. The van der Waals surface area contributed by atoms with E-state index in [1.807, 2.05) is 31.2 Å². The number of benzene rings is 1. The second-order valence-corrected chi connectivity index (χ2v) is 4.33. The molecule has 0 fully saturated rings. The fourth-order valence-corrected chi connectivity index (χ4v) is 1.76. The van der Waals surface area contributed by atoms with E-state index in [2.05, 4.69) is 10.4 Å². The van der Waals surface area contributed by atoms with E-state index in [4.69, 9.17) is 5.73 Å². The van der Waals surface area contributed by atoms with Crippen LogP contribution < -0.4 is 11.1 Å². The van der Waals surface area contributed by atoms with E-state index in [0.29, 0.717) is 12.1 Å². The van der Waals surface area contributed by atoms with Gasteiger partial charge in [-0.15, -0.1) is 12.4 Å². The van der Waals surface area contributed by atoms with Crippen LogP contribution in [0, 0.1) is 0 Å². The predicted octanol–water partition coefficient (Wildman–Crippen LogP) is 1.88. The number of aromatic nitrogens is 2. The van der Waals surface area contributed by atoms with Crippen molar-refractivity contribution in [3.63, 3.8) is 0 Å². The molecule has 3 N–H and O–H groups in total. The lowest BCUT2D eigenvalue weighted by Crippen LogP contribution is -2.25. The Kier molecular flexibility index (Phi) is 6.06. The van der Waals surface area contributed by atoms with Crippen LogP contribution in [0.4, 0.5) is 5.69 Å². The molecule has 0 aliphatic heterocycles. The largest absolute Gasteiger partial charge is 0.399 e. The molecule has 1 aromatic heterocycles. The van der Waals surface area contributed by atoms with Crippen LogP contribution in [0.2, 0.25) is 0 Å². The van der Waals surface area contributed by atoms with E-state index in [9.17, 15) is 4.79 Å². The molecule has 2 aromatic rings. The van der Waals surface area contributed by atoms with Gasteiger partial charge in [0.05, 0.1) is 11.8 Å². The van der Waals surface area contributed by atoms with Crippen molar-refractivity contribution in [2.75, 3.05) is 12.3 Å². The van der Waals surface area contributed by atoms with Gasteiger partial charge < -0.3 is 11.1 Å². The number of anilines is 1. The molecule has 0 spiro atoms. The van der Waals surface area contributed by atoms with Gasteiger partial charge in [-0.2, -0.15) is 5.10 Å². The van der Waals surface area contributed by atoms with Gasteiger partial charge in [0.2, 0.25) is 0 Å². The fourth-order valence-electron chi connectivity index (χ4n) is 1.76. The van der Waals surface area contributed by atoms with Gasteiger partial charge in [0.15, 0.2) is 0 Å².